The third kappa shape index (κ3) is 7.41. The number of hydrogen-bond donors (Lipinski definition) is 2. The van der Waals surface area contributed by atoms with Gasteiger partial charge in [-0.2, -0.15) is 0 Å². The molecular weight excluding hydrogens is 380 g/mol. The first-order valence-electron chi connectivity index (χ1n) is 9.22. The average Bonchev–Trinajstić information content (AvgIpc) is 3.45. The molecule has 2 rings (SSSR count). The third-order valence-corrected chi connectivity index (χ3v) is 4.85. The molecular formula is C20H28N2O5S. The largest absolute Gasteiger partial charge is 0.493 e. The van der Waals surface area contributed by atoms with E-state index in [2.05, 4.69) is 21.9 Å². The van der Waals surface area contributed by atoms with Gasteiger partial charge in [-0.1, -0.05) is 31.8 Å². The summed E-state index contributed by atoms with van der Waals surface area (Å²) in [7, 11) is -1.94. The van der Waals surface area contributed by atoms with Crippen LogP contribution in [-0.4, -0.2) is 40.3 Å². The zero-order valence-electron chi connectivity index (χ0n) is 16.7. The second-order valence-electron chi connectivity index (χ2n) is 7.20. The van der Waals surface area contributed by atoms with Crippen molar-refractivity contribution in [1.82, 2.24) is 10.0 Å². The summed E-state index contributed by atoms with van der Waals surface area (Å²) in [5.41, 5.74) is 0.809. The van der Waals surface area contributed by atoms with Gasteiger partial charge in [-0.15, -0.1) is 0 Å². The van der Waals surface area contributed by atoms with Crippen LogP contribution < -0.4 is 19.5 Å². The van der Waals surface area contributed by atoms with Crippen molar-refractivity contribution in [2.75, 3.05) is 20.0 Å². The first-order valence-corrected chi connectivity index (χ1v) is 11.1. The van der Waals surface area contributed by atoms with E-state index < -0.39 is 16.1 Å². The van der Waals surface area contributed by atoms with E-state index in [1.807, 2.05) is 6.07 Å². The summed E-state index contributed by atoms with van der Waals surface area (Å²) in [6.07, 6.45) is 3.39. The Hall–Kier alpha value is -2.24. The van der Waals surface area contributed by atoms with Gasteiger partial charge < -0.3 is 14.8 Å². The minimum Gasteiger partial charge on any atom is -0.493 e. The summed E-state index contributed by atoms with van der Waals surface area (Å²) in [6, 6.07) is 4.54. The van der Waals surface area contributed by atoms with Crippen LogP contribution in [0.15, 0.2) is 18.2 Å². The highest BCUT2D eigenvalue weighted by atomic mass is 32.2. The molecule has 2 N–H and O–H groups in total. The standard InChI is InChI=1S/C20H28N2O5S/c1-14(2)19(22-28(4,24)25)20(23)21-13-16-9-10-17(18(12-16)26-3)27-11-5-6-15-7-8-15/h9-10,12,14-15,19,22H,7-8,11,13H2,1-4H3,(H,21,23). The van der Waals surface area contributed by atoms with Crippen LogP contribution in [0, 0.1) is 23.7 Å². The number of carbonyl (C=O) groups excluding carboxylic acids is 1. The Balaban J connectivity index is 1.95. The Morgan fingerprint density at radius 3 is 2.57 bits per heavy atom. The van der Waals surface area contributed by atoms with Crippen molar-refractivity contribution in [3.05, 3.63) is 23.8 Å². The fraction of sp³-hybridized carbons (Fsp3) is 0.550. The Morgan fingerprint density at radius 2 is 2.00 bits per heavy atom. The summed E-state index contributed by atoms with van der Waals surface area (Å²) < 4.78 is 36.3. The fourth-order valence-electron chi connectivity index (χ4n) is 2.49. The number of nitrogens with one attached hydrogen (secondary N) is 2. The molecule has 154 valence electrons. The Bertz CT molecular complexity index is 851. The summed E-state index contributed by atoms with van der Waals surface area (Å²) in [5, 5.41) is 2.76. The lowest BCUT2D eigenvalue weighted by molar-refractivity contribution is -0.123. The van der Waals surface area contributed by atoms with Crippen molar-refractivity contribution in [2.24, 2.45) is 11.8 Å². The zero-order valence-corrected chi connectivity index (χ0v) is 17.6. The van der Waals surface area contributed by atoms with E-state index in [-0.39, 0.29) is 18.4 Å². The molecule has 0 aliphatic heterocycles. The number of benzene rings is 1. The van der Waals surface area contributed by atoms with Gasteiger partial charge in [-0.05, 0) is 36.5 Å². The predicted molar refractivity (Wildman–Crippen MR) is 107 cm³/mol. The molecule has 1 fully saturated rings. The zero-order chi connectivity index (χ0) is 20.7. The Kier molecular flexibility index (Phi) is 7.72. The molecule has 1 amide bonds. The minimum absolute atomic E-state index is 0.184. The van der Waals surface area contributed by atoms with Crippen molar-refractivity contribution in [3.8, 4) is 23.3 Å². The van der Waals surface area contributed by atoms with E-state index >= 15 is 0 Å². The lowest BCUT2D eigenvalue weighted by Gasteiger charge is -2.20. The van der Waals surface area contributed by atoms with Crippen LogP contribution in [0.25, 0.3) is 0 Å². The highest BCUT2D eigenvalue weighted by Gasteiger charge is 2.25. The molecule has 8 heteroatoms. The molecule has 0 saturated heterocycles. The molecule has 0 heterocycles. The summed E-state index contributed by atoms with van der Waals surface area (Å²) in [4.78, 5) is 12.4. The molecule has 1 aliphatic carbocycles. The van der Waals surface area contributed by atoms with E-state index in [0.717, 1.165) is 11.8 Å². The molecule has 0 radical (unpaired) electrons. The van der Waals surface area contributed by atoms with Gasteiger partial charge in [-0.3, -0.25) is 4.79 Å². The van der Waals surface area contributed by atoms with Gasteiger partial charge in [0.2, 0.25) is 15.9 Å². The summed E-state index contributed by atoms with van der Waals surface area (Å²) in [6.45, 7) is 4.11. The van der Waals surface area contributed by atoms with Crippen molar-refractivity contribution < 1.29 is 22.7 Å². The number of rotatable bonds is 9. The second-order valence-corrected chi connectivity index (χ2v) is 8.98. The monoisotopic (exact) mass is 408 g/mol. The molecule has 1 aliphatic rings. The number of carbonyl (C=O) groups is 1. The SMILES string of the molecule is COc1cc(CNC(=O)C(NS(C)(=O)=O)C(C)C)ccc1OCC#CC1CC1. The van der Waals surface area contributed by atoms with Gasteiger partial charge in [0.25, 0.3) is 0 Å². The first kappa shape index (κ1) is 22.1. The summed E-state index contributed by atoms with van der Waals surface area (Å²) >= 11 is 0. The van der Waals surface area contributed by atoms with E-state index in [1.54, 1.807) is 33.1 Å². The molecule has 1 aromatic rings. The van der Waals surface area contributed by atoms with Crippen LogP contribution in [-0.2, 0) is 21.4 Å². The topological polar surface area (TPSA) is 93.7 Å². The van der Waals surface area contributed by atoms with Crippen LogP contribution in [0.1, 0.15) is 32.3 Å². The lowest BCUT2D eigenvalue weighted by atomic mass is 10.0. The molecule has 0 bridgehead atoms. The molecule has 7 nitrogen and oxygen atoms in total. The predicted octanol–water partition coefficient (Wildman–Crippen LogP) is 1.68. The molecule has 0 spiro atoms. The van der Waals surface area contributed by atoms with Crippen molar-refractivity contribution in [2.45, 2.75) is 39.3 Å². The average molecular weight is 409 g/mol. The van der Waals surface area contributed by atoms with Crippen LogP contribution in [0.5, 0.6) is 11.5 Å². The van der Waals surface area contributed by atoms with E-state index in [9.17, 15) is 13.2 Å². The minimum atomic E-state index is -3.48. The molecule has 28 heavy (non-hydrogen) atoms. The van der Waals surface area contributed by atoms with Crippen molar-refractivity contribution in [3.63, 3.8) is 0 Å². The number of sulfonamides is 1. The number of amides is 1. The molecule has 1 atom stereocenters. The number of hydrogen-bond acceptors (Lipinski definition) is 5. The van der Waals surface area contributed by atoms with Gasteiger partial charge in [-0.25, -0.2) is 13.1 Å². The normalized spacial score (nSPS) is 14.8. The quantitative estimate of drug-likeness (QED) is 0.607. The summed E-state index contributed by atoms with van der Waals surface area (Å²) in [5.74, 6) is 7.24. The lowest BCUT2D eigenvalue weighted by Crippen LogP contribution is -2.49. The van der Waals surface area contributed by atoms with Crippen LogP contribution >= 0.6 is 0 Å². The maximum absolute atomic E-state index is 12.4. The van der Waals surface area contributed by atoms with E-state index in [0.29, 0.717) is 24.0 Å². The molecule has 1 aromatic carbocycles. The smallest absolute Gasteiger partial charge is 0.238 e. The number of ether oxygens (including phenoxy) is 2. The van der Waals surface area contributed by atoms with E-state index in [1.165, 1.54) is 12.8 Å². The van der Waals surface area contributed by atoms with Crippen molar-refractivity contribution >= 4 is 15.9 Å². The third-order valence-electron chi connectivity index (χ3n) is 4.17. The molecule has 1 saturated carbocycles. The Labute approximate surface area is 167 Å². The van der Waals surface area contributed by atoms with Gasteiger partial charge in [0, 0.05) is 12.5 Å². The maximum Gasteiger partial charge on any atom is 0.238 e. The second kappa shape index (κ2) is 9.80. The fourth-order valence-corrected chi connectivity index (χ4v) is 3.33. The maximum atomic E-state index is 12.4. The highest BCUT2D eigenvalue weighted by molar-refractivity contribution is 7.88. The van der Waals surface area contributed by atoms with E-state index in [4.69, 9.17) is 9.47 Å². The van der Waals surface area contributed by atoms with Crippen LogP contribution in [0.4, 0.5) is 0 Å². The van der Waals surface area contributed by atoms with Crippen LogP contribution in [0.3, 0.4) is 0 Å². The first-order chi connectivity index (χ1) is 13.2. The van der Waals surface area contributed by atoms with Gasteiger partial charge >= 0.3 is 0 Å². The van der Waals surface area contributed by atoms with Gasteiger partial charge in [0.15, 0.2) is 11.5 Å². The highest BCUT2D eigenvalue weighted by Crippen LogP contribution is 2.29. The van der Waals surface area contributed by atoms with Crippen molar-refractivity contribution in [1.29, 1.82) is 0 Å². The molecule has 0 aromatic heterocycles. The Morgan fingerprint density at radius 1 is 1.29 bits per heavy atom. The van der Waals surface area contributed by atoms with Gasteiger partial charge in [0.1, 0.15) is 12.6 Å². The van der Waals surface area contributed by atoms with Gasteiger partial charge in [0.05, 0.1) is 13.4 Å². The number of methoxy groups -OCH3 is 1. The molecule has 1 unspecified atom stereocenters. The van der Waals surface area contributed by atoms with Crippen LogP contribution in [0.2, 0.25) is 0 Å².